The van der Waals surface area contributed by atoms with Crippen molar-refractivity contribution in [1.82, 2.24) is 5.32 Å². The number of carbonyl (C=O) groups excluding carboxylic acids is 1. The highest BCUT2D eigenvalue weighted by molar-refractivity contribution is 8.14. The number of carbonyl (C=O) groups is 1. The Morgan fingerprint density at radius 2 is 2.14 bits per heavy atom. The van der Waals surface area contributed by atoms with Crippen molar-refractivity contribution in [2.24, 2.45) is 0 Å². The third kappa shape index (κ3) is 2.36. The lowest BCUT2D eigenvalue weighted by Crippen LogP contribution is -2.12. The monoisotopic (exact) mass is 207 g/mol. The lowest BCUT2D eigenvalue weighted by Gasteiger charge is -2.05. The van der Waals surface area contributed by atoms with E-state index in [-0.39, 0.29) is 5.12 Å². The summed E-state index contributed by atoms with van der Waals surface area (Å²) in [5, 5.41) is 3.91. The van der Waals surface area contributed by atoms with E-state index in [0.717, 1.165) is 25.1 Å². The lowest BCUT2D eigenvalue weighted by atomic mass is 10.2. The van der Waals surface area contributed by atoms with E-state index in [1.807, 2.05) is 30.3 Å². The molecule has 0 bridgehead atoms. The summed E-state index contributed by atoms with van der Waals surface area (Å²) in [6.07, 6.45) is 1.10. The number of hydrogen-bond donors (Lipinski definition) is 1. The van der Waals surface area contributed by atoms with Crippen LogP contribution in [0.4, 0.5) is 0 Å². The highest BCUT2D eigenvalue weighted by Gasteiger charge is 2.19. The molecular weight excluding hydrogens is 194 g/mol. The predicted octanol–water partition coefficient (Wildman–Crippen LogP) is 1.92. The molecule has 0 aromatic heterocycles. The topological polar surface area (TPSA) is 29.1 Å². The van der Waals surface area contributed by atoms with Crippen LogP contribution in [0.5, 0.6) is 0 Å². The van der Waals surface area contributed by atoms with Crippen LogP contribution in [0.25, 0.3) is 0 Å². The van der Waals surface area contributed by atoms with Gasteiger partial charge in [-0.1, -0.05) is 42.1 Å². The van der Waals surface area contributed by atoms with Crippen molar-refractivity contribution in [3.8, 4) is 0 Å². The van der Waals surface area contributed by atoms with Gasteiger partial charge in [0.25, 0.3) is 0 Å². The quantitative estimate of drug-likeness (QED) is 0.803. The minimum absolute atomic E-state index is 0.194. The van der Waals surface area contributed by atoms with Crippen LogP contribution in [0.1, 0.15) is 16.8 Å². The van der Waals surface area contributed by atoms with Gasteiger partial charge in [0.15, 0.2) is 0 Å². The first kappa shape index (κ1) is 9.74. The number of rotatable bonds is 2. The largest absolute Gasteiger partial charge is 0.316 e. The zero-order valence-electron chi connectivity index (χ0n) is 7.90. The SMILES string of the molecule is O=C(S[C@H]1CCNC1)c1ccccc1. The Morgan fingerprint density at radius 3 is 2.79 bits per heavy atom. The van der Waals surface area contributed by atoms with Gasteiger partial charge >= 0.3 is 0 Å². The maximum Gasteiger partial charge on any atom is 0.219 e. The van der Waals surface area contributed by atoms with Crippen LogP contribution in [0, 0.1) is 0 Å². The van der Waals surface area contributed by atoms with Crippen molar-refractivity contribution < 1.29 is 4.79 Å². The van der Waals surface area contributed by atoms with E-state index in [1.165, 1.54) is 11.8 Å². The summed E-state index contributed by atoms with van der Waals surface area (Å²) in [6, 6.07) is 9.48. The van der Waals surface area contributed by atoms with Crippen molar-refractivity contribution in [1.29, 1.82) is 0 Å². The minimum Gasteiger partial charge on any atom is -0.316 e. The van der Waals surface area contributed by atoms with Crippen molar-refractivity contribution in [2.75, 3.05) is 13.1 Å². The van der Waals surface area contributed by atoms with Crippen LogP contribution in [0.3, 0.4) is 0 Å². The normalized spacial score (nSPS) is 21.0. The molecule has 1 aromatic carbocycles. The maximum atomic E-state index is 11.7. The molecule has 0 amide bonds. The molecule has 74 valence electrons. The molecule has 2 rings (SSSR count). The Kier molecular flexibility index (Phi) is 3.22. The van der Waals surface area contributed by atoms with Gasteiger partial charge in [-0.25, -0.2) is 0 Å². The third-order valence-corrected chi connectivity index (χ3v) is 3.48. The summed E-state index contributed by atoms with van der Waals surface area (Å²) in [7, 11) is 0. The molecule has 1 heterocycles. The summed E-state index contributed by atoms with van der Waals surface area (Å²) in [5.41, 5.74) is 0.810. The van der Waals surface area contributed by atoms with E-state index in [2.05, 4.69) is 5.32 Å². The van der Waals surface area contributed by atoms with E-state index < -0.39 is 0 Å². The fourth-order valence-electron chi connectivity index (χ4n) is 1.52. The first-order valence-electron chi connectivity index (χ1n) is 4.83. The van der Waals surface area contributed by atoms with Gasteiger partial charge in [0.2, 0.25) is 5.12 Å². The highest BCUT2D eigenvalue weighted by atomic mass is 32.2. The molecule has 1 fully saturated rings. The molecule has 2 nitrogen and oxygen atoms in total. The predicted molar refractivity (Wildman–Crippen MR) is 59.6 cm³/mol. The standard InChI is InChI=1S/C11H13NOS/c13-11(9-4-2-1-3-5-9)14-10-6-7-12-8-10/h1-5,10,12H,6-8H2/t10-/m0/s1. The molecule has 1 N–H and O–H groups in total. The van der Waals surface area contributed by atoms with Gasteiger partial charge in [-0.2, -0.15) is 0 Å². The van der Waals surface area contributed by atoms with Crippen LogP contribution in [0.2, 0.25) is 0 Å². The second-order valence-corrected chi connectivity index (χ2v) is 4.66. The second kappa shape index (κ2) is 4.62. The van der Waals surface area contributed by atoms with Crippen molar-refractivity contribution in [2.45, 2.75) is 11.7 Å². The molecule has 0 unspecified atom stereocenters. The molecule has 1 aliphatic heterocycles. The number of hydrogen-bond acceptors (Lipinski definition) is 3. The fourth-order valence-corrected chi connectivity index (χ4v) is 2.53. The minimum atomic E-state index is 0.194. The summed E-state index contributed by atoms with van der Waals surface area (Å²) >= 11 is 1.46. The third-order valence-electron chi connectivity index (χ3n) is 2.30. The molecule has 14 heavy (non-hydrogen) atoms. The smallest absolute Gasteiger partial charge is 0.219 e. The van der Waals surface area contributed by atoms with E-state index in [1.54, 1.807) is 0 Å². The molecule has 3 heteroatoms. The highest BCUT2D eigenvalue weighted by Crippen LogP contribution is 2.21. The van der Waals surface area contributed by atoms with Crippen LogP contribution >= 0.6 is 11.8 Å². The number of benzene rings is 1. The number of thioether (sulfide) groups is 1. The van der Waals surface area contributed by atoms with Crippen LogP contribution in [0.15, 0.2) is 30.3 Å². The van der Waals surface area contributed by atoms with Crippen molar-refractivity contribution in [3.63, 3.8) is 0 Å². The van der Waals surface area contributed by atoms with E-state index in [0.29, 0.717) is 5.25 Å². The van der Waals surface area contributed by atoms with Gasteiger partial charge in [0, 0.05) is 17.4 Å². The Labute approximate surface area is 88.1 Å². The number of nitrogens with one attached hydrogen (secondary N) is 1. The molecule has 0 saturated carbocycles. The van der Waals surface area contributed by atoms with Gasteiger partial charge in [0.1, 0.15) is 0 Å². The molecule has 0 spiro atoms. The summed E-state index contributed by atoms with van der Waals surface area (Å²) in [6.45, 7) is 2.00. The molecule has 1 aromatic rings. The van der Waals surface area contributed by atoms with Gasteiger partial charge < -0.3 is 5.32 Å². The van der Waals surface area contributed by atoms with E-state index >= 15 is 0 Å². The molecular formula is C11H13NOS. The van der Waals surface area contributed by atoms with E-state index in [9.17, 15) is 4.79 Å². The van der Waals surface area contributed by atoms with Crippen LogP contribution in [-0.2, 0) is 0 Å². The Bertz CT molecular complexity index is 306. The van der Waals surface area contributed by atoms with Gasteiger partial charge in [0.05, 0.1) is 0 Å². The molecule has 1 aliphatic rings. The zero-order valence-corrected chi connectivity index (χ0v) is 8.72. The van der Waals surface area contributed by atoms with Crippen LogP contribution in [-0.4, -0.2) is 23.5 Å². The first-order chi connectivity index (χ1) is 6.86. The fraction of sp³-hybridized carbons (Fsp3) is 0.364. The maximum absolute atomic E-state index is 11.7. The van der Waals surface area contributed by atoms with Crippen molar-refractivity contribution >= 4 is 16.9 Å². The van der Waals surface area contributed by atoms with E-state index in [4.69, 9.17) is 0 Å². The zero-order chi connectivity index (χ0) is 9.80. The van der Waals surface area contributed by atoms with Gasteiger partial charge in [-0.15, -0.1) is 0 Å². The van der Waals surface area contributed by atoms with Gasteiger partial charge in [-0.3, -0.25) is 4.79 Å². The Hall–Kier alpha value is -0.800. The molecule has 1 saturated heterocycles. The average molecular weight is 207 g/mol. The lowest BCUT2D eigenvalue weighted by molar-refractivity contribution is 0.108. The Balaban J connectivity index is 1.95. The molecule has 0 aliphatic carbocycles. The molecule has 0 radical (unpaired) electrons. The second-order valence-electron chi connectivity index (χ2n) is 3.39. The summed E-state index contributed by atoms with van der Waals surface area (Å²) in [5.74, 6) is 0. The van der Waals surface area contributed by atoms with Crippen molar-refractivity contribution in [3.05, 3.63) is 35.9 Å². The Morgan fingerprint density at radius 1 is 1.36 bits per heavy atom. The van der Waals surface area contributed by atoms with Gasteiger partial charge in [-0.05, 0) is 13.0 Å². The summed E-state index contributed by atoms with van der Waals surface area (Å²) < 4.78 is 0. The first-order valence-corrected chi connectivity index (χ1v) is 5.71. The molecule has 1 atom stereocenters. The average Bonchev–Trinajstić information content (AvgIpc) is 2.72. The summed E-state index contributed by atoms with van der Waals surface area (Å²) in [4.78, 5) is 11.7. The van der Waals surface area contributed by atoms with Crippen LogP contribution < -0.4 is 5.32 Å².